The van der Waals surface area contributed by atoms with Gasteiger partial charge in [0.15, 0.2) is 0 Å². The van der Waals surface area contributed by atoms with E-state index in [9.17, 15) is 44.4 Å². The number of aliphatic carboxylic acids is 5. The van der Waals surface area contributed by atoms with Crippen LogP contribution in [0.4, 0.5) is 0 Å². The first-order valence-corrected chi connectivity index (χ1v) is 11.3. The molecule has 0 spiro atoms. The Balaban J connectivity index is 0.0000137. The monoisotopic (exact) mass is 565 g/mol. The molecule has 38 heavy (non-hydrogen) atoms. The van der Waals surface area contributed by atoms with Gasteiger partial charge in [0.2, 0.25) is 0 Å². The van der Waals surface area contributed by atoms with Gasteiger partial charge in [-0.15, -0.1) is 0 Å². The van der Waals surface area contributed by atoms with Crippen LogP contribution in [0.25, 0.3) is 0 Å². The summed E-state index contributed by atoms with van der Waals surface area (Å²) in [6.45, 7) is -1.40. The molecule has 1 aromatic carbocycles. The summed E-state index contributed by atoms with van der Waals surface area (Å²) in [7, 11) is 0. The normalized spacial score (nSPS) is 11.7. The number of nitrogens with zero attached hydrogens (tertiary/aromatic N) is 3. The number of hydrogen-bond acceptors (Lipinski definition) is 11. The minimum atomic E-state index is -1.52. The molecule has 0 amide bonds. The third kappa shape index (κ3) is 15.7. The van der Waals surface area contributed by atoms with Gasteiger partial charge in [-0.2, -0.15) is 0 Å². The molecule has 0 saturated heterocycles. The Labute approximate surface area is 249 Å². The zero-order valence-electron chi connectivity index (χ0n) is 21.1. The molecular formula is C23H31CaN3O11. The fourth-order valence-corrected chi connectivity index (χ4v) is 3.72. The van der Waals surface area contributed by atoms with E-state index in [2.05, 4.69) is 0 Å². The van der Waals surface area contributed by atoms with Crippen molar-refractivity contribution >= 4 is 67.6 Å². The van der Waals surface area contributed by atoms with Crippen LogP contribution in [-0.4, -0.2) is 163 Å². The first-order valence-electron chi connectivity index (χ1n) is 11.3. The molecule has 0 radical (unpaired) electrons. The summed E-state index contributed by atoms with van der Waals surface area (Å²) >= 11 is 0. The Hall–Kier alpha value is -2.49. The van der Waals surface area contributed by atoms with Gasteiger partial charge in [0.25, 0.3) is 0 Å². The van der Waals surface area contributed by atoms with Crippen LogP contribution in [0.2, 0.25) is 0 Å². The van der Waals surface area contributed by atoms with Gasteiger partial charge in [0, 0.05) is 38.8 Å². The Morgan fingerprint density at radius 2 is 1.26 bits per heavy atom. The molecule has 1 rings (SSSR count). The van der Waals surface area contributed by atoms with E-state index in [1.165, 1.54) is 9.80 Å². The van der Waals surface area contributed by atoms with Gasteiger partial charge in [-0.05, 0) is 31.0 Å². The maximum absolute atomic E-state index is 11.5. The third-order valence-electron chi connectivity index (χ3n) is 5.16. The van der Waals surface area contributed by atoms with E-state index in [0.717, 1.165) is 4.90 Å². The molecule has 0 saturated carbocycles. The largest absolute Gasteiger partial charge is 2.00 e. The van der Waals surface area contributed by atoms with Gasteiger partial charge >= 0.3 is 55.6 Å². The molecule has 0 aliphatic heterocycles. The van der Waals surface area contributed by atoms with Crippen molar-refractivity contribution in [3.8, 4) is 5.75 Å². The summed E-state index contributed by atoms with van der Waals surface area (Å²) in [5.74, 6) is -6.27. The molecule has 14 nitrogen and oxygen atoms in total. The number of carboxylic acid groups (broad SMARTS) is 5. The summed E-state index contributed by atoms with van der Waals surface area (Å²) in [6, 6.07) is 6.03. The fraction of sp³-hybridized carbons (Fsp3) is 0.522. The van der Waals surface area contributed by atoms with Crippen molar-refractivity contribution in [2.45, 2.75) is 19.4 Å². The SMILES string of the molecule is CCOc1ccc(CC(CN(CCN(CC(=O)[O-])CC(=O)O)CC(=O)[O-])N(CC(=O)O)CC(=O)O)cc1.[Ca+2]. The van der Waals surface area contributed by atoms with Crippen LogP contribution in [0.3, 0.4) is 0 Å². The van der Waals surface area contributed by atoms with Gasteiger partial charge in [0.05, 0.1) is 38.2 Å². The number of rotatable bonds is 20. The molecule has 3 N–H and O–H groups in total. The zero-order chi connectivity index (χ0) is 28.0. The molecule has 1 atom stereocenters. The van der Waals surface area contributed by atoms with E-state index in [4.69, 9.17) is 9.84 Å². The van der Waals surface area contributed by atoms with Crippen LogP contribution in [0.1, 0.15) is 12.5 Å². The van der Waals surface area contributed by atoms with Crippen molar-refractivity contribution in [1.82, 2.24) is 14.7 Å². The summed E-state index contributed by atoms with van der Waals surface area (Å²) in [4.78, 5) is 59.9. The molecule has 0 bridgehead atoms. The van der Waals surface area contributed by atoms with Crippen LogP contribution in [0, 0.1) is 0 Å². The van der Waals surface area contributed by atoms with Crippen molar-refractivity contribution < 1.29 is 54.2 Å². The van der Waals surface area contributed by atoms with E-state index >= 15 is 0 Å². The van der Waals surface area contributed by atoms with Gasteiger partial charge < -0.3 is 39.9 Å². The Kier molecular flexibility index (Phi) is 17.5. The molecule has 206 valence electrons. The molecular weight excluding hydrogens is 534 g/mol. The van der Waals surface area contributed by atoms with E-state index in [1.807, 2.05) is 6.92 Å². The van der Waals surface area contributed by atoms with Crippen molar-refractivity contribution in [2.24, 2.45) is 0 Å². The van der Waals surface area contributed by atoms with E-state index in [0.29, 0.717) is 17.9 Å². The number of carbonyl (C=O) groups excluding carboxylic acids is 2. The quantitative estimate of drug-likeness (QED) is 0.130. The van der Waals surface area contributed by atoms with Gasteiger partial charge in [-0.3, -0.25) is 29.1 Å². The molecule has 15 heteroatoms. The average Bonchev–Trinajstić information content (AvgIpc) is 2.76. The number of benzene rings is 1. The van der Waals surface area contributed by atoms with E-state index in [1.54, 1.807) is 24.3 Å². The first kappa shape index (κ1) is 35.5. The Morgan fingerprint density at radius 3 is 1.71 bits per heavy atom. The maximum atomic E-state index is 11.5. The smallest absolute Gasteiger partial charge is 0.549 e. The average molecular weight is 566 g/mol. The minimum Gasteiger partial charge on any atom is -0.549 e. The molecule has 0 aliphatic carbocycles. The van der Waals surface area contributed by atoms with Crippen molar-refractivity contribution in [3.63, 3.8) is 0 Å². The molecule has 1 unspecified atom stereocenters. The maximum Gasteiger partial charge on any atom is 2.00 e. The van der Waals surface area contributed by atoms with Crippen LogP contribution >= 0.6 is 0 Å². The second-order valence-electron chi connectivity index (χ2n) is 8.21. The number of carboxylic acids is 5. The number of hydrogen-bond donors (Lipinski definition) is 3. The Morgan fingerprint density at radius 1 is 0.789 bits per heavy atom. The zero-order valence-corrected chi connectivity index (χ0v) is 23.3. The molecule has 1 aromatic rings. The van der Waals surface area contributed by atoms with Gasteiger partial charge in [-0.1, -0.05) is 12.1 Å². The first-order chi connectivity index (χ1) is 17.4. The number of ether oxygens (including phenoxy) is 1. The summed E-state index contributed by atoms with van der Waals surface area (Å²) in [5.41, 5.74) is 0.701. The second kappa shape index (κ2) is 18.7. The van der Waals surface area contributed by atoms with Crippen molar-refractivity contribution in [3.05, 3.63) is 29.8 Å². The Bertz CT molecular complexity index is 898. The molecule has 0 aromatic heterocycles. The predicted molar refractivity (Wildman–Crippen MR) is 128 cm³/mol. The van der Waals surface area contributed by atoms with Crippen LogP contribution < -0.4 is 14.9 Å². The molecule has 0 fully saturated rings. The van der Waals surface area contributed by atoms with Crippen molar-refractivity contribution in [2.75, 3.05) is 59.0 Å². The third-order valence-corrected chi connectivity index (χ3v) is 5.16. The van der Waals surface area contributed by atoms with Gasteiger partial charge in [-0.25, -0.2) is 0 Å². The molecule has 0 aliphatic rings. The van der Waals surface area contributed by atoms with Gasteiger partial charge in [0.1, 0.15) is 5.75 Å². The standard InChI is InChI=1S/C23H33N3O11.Ca/c1-2-37-18-5-3-16(4-6-18)9-17(26(14-22(33)34)15-23(35)36)10-24(11-19(27)28)7-8-25(12-20(29)30)13-21(31)32;/h3-6,17H,2,7-15H2,1H3,(H,27,28)(H,29,30)(H,31,32)(H,33,34)(H,35,36);/q;+2/p-2. The summed E-state index contributed by atoms with van der Waals surface area (Å²) in [5, 5.41) is 50.0. The topological polar surface area (TPSA) is 211 Å². The predicted octanol–water partition coefficient (Wildman–Crippen LogP) is -3.72. The van der Waals surface area contributed by atoms with Crippen LogP contribution in [0.15, 0.2) is 24.3 Å². The van der Waals surface area contributed by atoms with Crippen LogP contribution in [0.5, 0.6) is 5.75 Å². The second-order valence-corrected chi connectivity index (χ2v) is 8.21. The molecule has 0 heterocycles. The minimum absolute atomic E-state index is 0. The summed E-state index contributed by atoms with van der Waals surface area (Å²) < 4.78 is 5.40. The summed E-state index contributed by atoms with van der Waals surface area (Å²) in [6.07, 6.45) is 0.147. The van der Waals surface area contributed by atoms with E-state index in [-0.39, 0.29) is 63.8 Å². The fourth-order valence-electron chi connectivity index (χ4n) is 3.72. The van der Waals surface area contributed by atoms with E-state index < -0.39 is 68.6 Å². The van der Waals surface area contributed by atoms with Crippen molar-refractivity contribution in [1.29, 1.82) is 0 Å². The number of carbonyl (C=O) groups is 5. The van der Waals surface area contributed by atoms with Crippen LogP contribution in [-0.2, 0) is 30.4 Å².